The van der Waals surface area contributed by atoms with Gasteiger partial charge >= 0.3 is 0 Å². The molecule has 0 radical (unpaired) electrons. The molecule has 1 nitrogen and oxygen atoms in total. The molecule has 0 saturated heterocycles. The number of rotatable bonds is 5. The second-order valence-electron chi connectivity index (χ2n) is 4.52. The molecule has 0 bridgehead atoms. The van der Waals surface area contributed by atoms with Gasteiger partial charge in [0.25, 0.3) is 0 Å². The summed E-state index contributed by atoms with van der Waals surface area (Å²) in [6.45, 7) is 4.94. The van der Waals surface area contributed by atoms with E-state index in [9.17, 15) is 13.2 Å². The molecule has 4 heteroatoms. The van der Waals surface area contributed by atoms with Crippen molar-refractivity contribution in [1.29, 1.82) is 0 Å². The number of aromatic nitrogens is 1. The molecule has 0 amide bonds. The van der Waals surface area contributed by atoms with Crippen molar-refractivity contribution in [3.05, 3.63) is 65.5 Å². The standard InChI is InChI=1S/C17H18F3N/c1-4-6-17-12(2)9-14(11-21-17)15(7-5-8-18)16(20)10-13(3)19/h4-11,13H,1-3H3/b6-4-,8-5-,15-7-,16-10-. The molecule has 0 spiro atoms. The Hall–Kier alpha value is -2.10. The molecule has 1 aromatic rings. The number of allylic oxidation sites excluding steroid dienone is 6. The Morgan fingerprint density at radius 1 is 1.38 bits per heavy atom. The first kappa shape index (κ1) is 17.0. The zero-order valence-electron chi connectivity index (χ0n) is 12.3. The lowest BCUT2D eigenvalue weighted by Crippen LogP contribution is -1.95. The number of hydrogen-bond donors (Lipinski definition) is 0. The molecular formula is C17H18F3N. The van der Waals surface area contributed by atoms with Crippen molar-refractivity contribution in [1.82, 2.24) is 4.98 Å². The van der Waals surface area contributed by atoms with Crippen LogP contribution in [-0.4, -0.2) is 11.2 Å². The Kier molecular flexibility index (Phi) is 6.66. The average Bonchev–Trinajstić information content (AvgIpc) is 2.41. The van der Waals surface area contributed by atoms with Gasteiger partial charge in [-0.3, -0.25) is 4.98 Å². The van der Waals surface area contributed by atoms with Crippen LogP contribution in [0.3, 0.4) is 0 Å². The molecule has 0 aromatic carbocycles. The molecule has 0 aliphatic rings. The van der Waals surface area contributed by atoms with Crippen LogP contribution in [0, 0.1) is 6.92 Å². The Morgan fingerprint density at radius 3 is 2.62 bits per heavy atom. The number of pyridine rings is 1. The molecule has 1 aromatic heterocycles. The number of hydrogen-bond acceptors (Lipinski definition) is 1. The molecule has 0 saturated carbocycles. The summed E-state index contributed by atoms with van der Waals surface area (Å²) in [5, 5.41) is 0. The first-order valence-corrected chi connectivity index (χ1v) is 6.58. The number of nitrogens with zero attached hydrogens (tertiary/aromatic N) is 1. The smallest absolute Gasteiger partial charge is 0.129 e. The highest BCUT2D eigenvalue weighted by Gasteiger charge is 2.10. The second-order valence-corrected chi connectivity index (χ2v) is 4.52. The Morgan fingerprint density at radius 2 is 2.10 bits per heavy atom. The molecule has 0 fully saturated rings. The zero-order valence-corrected chi connectivity index (χ0v) is 12.3. The summed E-state index contributed by atoms with van der Waals surface area (Å²) in [4.78, 5) is 4.23. The summed E-state index contributed by atoms with van der Waals surface area (Å²) in [7, 11) is 0. The van der Waals surface area contributed by atoms with E-state index in [1.807, 2.05) is 26.0 Å². The van der Waals surface area contributed by atoms with Gasteiger partial charge in [0.1, 0.15) is 12.0 Å². The maximum absolute atomic E-state index is 14.1. The lowest BCUT2D eigenvalue weighted by Gasteiger charge is -2.08. The van der Waals surface area contributed by atoms with Crippen LogP contribution < -0.4 is 0 Å². The fraction of sp³-hybridized carbons (Fsp3) is 0.235. The SMILES string of the molecule is C/C=C\c1ncc(C(=C/C=C\F)/C(F)=C/C(C)F)cc1C. The maximum atomic E-state index is 14.1. The zero-order chi connectivity index (χ0) is 15.8. The van der Waals surface area contributed by atoms with Gasteiger partial charge in [-0.2, -0.15) is 0 Å². The summed E-state index contributed by atoms with van der Waals surface area (Å²) in [6.07, 6.45) is 7.17. The number of aryl methyl sites for hydroxylation is 1. The molecule has 0 N–H and O–H groups in total. The largest absolute Gasteiger partial charge is 0.256 e. The minimum absolute atomic E-state index is 0.0935. The highest BCUT2D eigenvalue weighted by atomic mass is 19.1. The number of alkyl halides is 1. The van der Waals surface area contributed by atoms with Crippen molar-refractivity contribution in [3.63, 3.8) is 0 Å². The van der Waals surface area contributed by atoms with Crippen LogP contribution in [0.2, 0.25) is 0 Å². The predicted molar refractivity (Wildman–Crippen MR) is 81.7 cm³/mol. The molecule has 1 unspecified atom stereocenters. The maximum Gasteiger partial charge on any atom is 0.129 e. The molecular weight excluding hydrogens is 275 g/mol. The summed E-state index contributed by atoms with van der Waals surface area (Å²) < 4.78 is 39.2. The van der Waals surface area contributed by atoms with Gasteiger partial charge < -0.3 is 0 Å². The Bertz CT molecular complexity index is 596. The van der Waals surface area contributed by atoms with Crippen LogP contribution in [0.4, 0.5) is 13.2 Å². The van der Waals surface area contributed by atoms with Gasteiger partial charge in [0.05, 0.1) is 12.0 Å². The summed E-state index contributed by atoms with van der Waals surface area (Å²) >= 11 is 0. The van der Waals surface area contributed by atoms with E-state index < -0.39 is 12.0 Å². The van der Waals surface area contributed by atoms with E-state index in [1.165, 1.54) is 19.2 Å². The minimum Gasteiger partial charge on any atom is -0.256 e. The van der Waals surface area contributed by atoms with Crippen LogP contribution in [0.15, 0.2) is 48.7 Å². The van der Waals surface area contributed by atoms with Crippen LogP contribution in [0.1, 0.15) is 30.7 Å². The van der Waals surface area contributed by atoms with E-state index in [2.05, 4.69) is 4.98 Å². The van der Waals surface area contributed by atoms with Gasteiger partial charge in [0, 0.05) is 17.3 Å². The molecule has 0 aliphatic carbocycles. The van der Waals surface area contributed by atoms with Crippen molar-refractivity contribution in [3.8, 4) is 0 Å². The van der Waals surface area contributed by atoms with Crippen LogP contribution >= 0.6 is 0 Å². The summed E-state index contributed by atoms with van der Waals surface area (Å²) in [5.41, 5.74) is 2.18. The van der Waals surface area contributed by atoms with Gasteiger partial charge in [0.2, 0.25) is 0 Å². The van der Waals surface area contributed by atoms with Crippen molar-refractivity contribution in [2.75, 3.05) is 0 Å². The van der Waals surface area contributed by atoms with E-state index >= 15 is 0 Å². The van der Waals surface area contributed by atoms with Crippen LogP contribution in [0.5, 0.6) is 0 Å². The van der Waals surface area contributed by atoms with Crippen LogP contribution in [0.25, 0.3) is 11.6 Å². The van der Waals surface area contributed by atoms with E-state index in [0.29, 0.717) is 11.9 Å². The Labute approximate surface area is 123 Å². The lowest BCUT2D eigenvalue weighted by molar-refractivity contribution is 0.424. The van der Waals surface area contributed by atoms with E-state index in [1.54, 1.807) is 6.07 Å². The highest BCUT2D eigenvalue weighted by molar-refractivity contribution is 5.78. The van der Waals surface area contributed by atoms with E-state index in [-0.39, 0.29) is 5.57 Å². The minimum atomic E-state index is -1.43. The normalized spacial score (nSPS) is 15.1. The van der Waals surface area contributed by atoms with Crippen molar-refractivity contribution in [2.24, 2.45) is 0 Å². The third-order valence-corrected chi connectivity index (χ3v) is 2.72. The molecule has 0 aliphatic heterocycles. The van der Waals surface area contributed by atoms with E-state index in [4.69, 9.17) is 0 Å². The Balaban J connectivity index is 3.31. The summed E-state index contributed by atoms with van der Waals surface area (Å²) in [5.74, 6) is -0.747. The topological polar surface area (TPSA) is 12.9 Å². The quantitative estimate of drug-likeness (QED) is 0.653. The molecule has 1 heterocycles. The third-order valence-electron chi connectivity index (χ3n) is 2.72. The highest BCUT2D eigenvalue weighted by Crippen LogP contribution is 2.26. The number of halogens is 3. The fourth-order valence-electron chi connectivity index (χ4n) is 1.80. The van der Waals surface area contributed by atoms with Gasteiger partial charge in [0.15, 0.2) is 0 Å². The van der Waals surface area contributed by atoms with Crippen molar-refractivity contribution >= 4 is 11.6 Å². The van der Waals surface area contributed by atoms with E-state index in [0.717, 1.165) is 23.4 Å². The second kappa shape index (κ2) is 8.25. The lowest BCUT2D eigenvalue weighted by atomic mass is 10.0. The average molecular weight is 293 g/mol. The molecule has 1 atom stereocenters. The molecule has 21 heavy (non-hydrogen) atoms. The first-order chi connectivity index (χ1) is 9.99. The van der Waals surface area contributed by atoms with Crippen molar-refractivity contribution in [2.45, 2.75) is 26.9 Å². The van der Waals surface area contributed by atoms with Gasteiger partial charge in [-0.25, -0.2) is 13.2 Å². The summed E-state index contributed by atoms with van der Waals surface area (Å²) in [6, 6.07) is 1.73. The predicted octanol–water partition coefficient (Wildman–Crippen LogP) is 5.50. The first-order valence-electron chi connectivity index (χ1n) is 6.58. The molecule has 112 valence electrons. The molecule has 1 rings (SSSR count). The third kappa shape index (κ3) is 5.06. The van der Waals surface area contributed by atoms with Crippen molar-refractivity contribution < 1.29 is 13.2 Å². The van der Waals surface area contributed by atoms with Gasteiger partial charge in [-0.15, -0.1) is 0 Å². The van der Waals surface area contributed by atoms with Crippen LogP contribution in [-0.2, 0) is 0 Å². The van der Waals surface area contributed by atoms with Gasteiger partial charge in [-0.1, -0.05) is 6.08 Å². The fourth-order valence-corrected chi connectivity index (χ4v) is 1.80. The van der Waals surface area contributed by atoms with Gasteiger partial charge in [-0.05, 0) is 56.7 Å². The monoisotopic (exact) mass is 293 g/mol.